The van der Waals surface area contributed by atoms with Crippen molar-refractivity contribution in [2.75, 3.05) is 14.2 Å². The molecule has 108 valence electrons. The molecule has 0 aliphatic heterocycles. The van der Waals surface area contributed by atoms with E-state index in [9.17, 15) is 4.79 Å². The lowest BCUT2D eigenvalue weighted by Gasteiger charge is -2.10. The maximum absolute atomic E-state index is 12.8. The Kier molecular flexibility index (Phi) is 3.65. The first-order chi connectivity index (χ1) is 10.2. The number of benzene rings is 2. The fourth-order valence-corrected chi connectivity index (χ4v) is 2.86. The molecule has 1 aliphatic carbocycles. The number of methoxy groups -OCH3 is 2. The molecule has 0 amide bonds. The summed E-state index contributed by atoms with van der Waals surface area (Å²) in [5.74, 6) is 1.20. The molecular formula is C18H18O3. The van der Waals surface area contributed by atoms with Gasteiger partial charge in [-0.15, -0.1) is 0 Å². The van der Waals surface area contributed by atoms with Gasteiger partial charge >= 0.3 is 0 Å². The van der Waals surface area contributed by atoms with Crippen LogP contribution in [0.3, 0.4) is 0 Å². The second-order valence-electron chi connectivity index (χ2n) is 5.23. The molecule has 0 unspecified atom stereocenters. The Bertz CT molecular complexity index is 689. The molecule has 0 saturated carbocycles. The lowest BCUT2D eigenvalue weighted by atomic mass is 9.98. The largest absolute Gasteiger partial charge is 0.497 e. The molecule has 2 aromatic carbocycles. The lowest BCUT2D eigenvalue weighted by molar-refractivity contribution is 0.103. The molecule has 0 saturated heterocycles. The third-order valence-electron chi connectivity index (χ3n) is 4.01. The summed E-state index contributed by atoms with van der Waals surface area (Å²) in [4.78, 5) is 12.8. The van der Waals surface area contributed by atoms with Crippen molar-refractivity contribution in [3.63, 3.8) is 0 Å². The summed E-state index contributed by atoms with van der Waals surface area (Å²) in [5.41, 5.74) is 3.91. The topological polar surface area (TPSA) is 35.5 Å². The van der Waals surface area contributed by atoms with E-state index in [2.05, 4.69) is 6.07 Å². The van der Waals surface area contributed by atoms with Crippen LogP contribution in [0.25, 0.3) is 0 Å². The van der Waals surface area contributed by atoms with Gasteiger partial charge in [0.2, 0.25) is 0 Å². The Morgan fingerprint density at radius 2 is 1.76 bits per heavy atom. The summed E-state index contributed by atoms with van der Waals surface area (Å²) in [6.07, 6.45) is 3.35. The molecule has 0 aromatic heterocycles. The van der Waals surface area contributed by atoms with Crippen LogP contribution in [-0.4, -0.2) is 20.0 Å². The van der Waals surface area contributed by atoms with E-state index < -0.39 is 0 Å². The summed E-state index contributed by atoms with van der Waals surface area (Å²) < 4.78 is 10.5. The van der Waals surface area contributed by atoms with E-state index in [0.717, 1.165) is 12.8 Å². The highest BCUT2D eigenvalue weighted by Crippen LogP contribution is 2.28. The van der Waals surface area contributed by atoms with E-state index in [1.165, 1.54) is 17.5 Å². The minimum Gasteiger partial charge on any atom is -0.497 e. The van der Waals surface area contributed by atoms with Crippen LogP contribution < -0.4 is 9.47 Å². The second-order valence-corrected chi connectivity index (χ2v) is 5.23. The van der Waals surface area contributed by atoms with Gasteiger partial charge < -0.3 is 9.47 Å². The zero-order valence-corrected chi connectivity index (χ0v) is 12.3. The molecule has 0 spiro atoms. The number of aryl methyl sites for hydroxylation is 2. The maximum atomic E-state index is 12.8. The van der Waals surface area contributed by atoms with Gasteiger partial charge in [0.05, 0.1) is 19.8 Å². The molecule has 21 heavy (non-hydrogen) atoms. The number of fused-ring (bicyclic) bond motifs is 1. The van der Waals surface area contributed by atoms with Crippen molar-refractivity contribution in [1.29, 1.82) is 0 Å². The minimum absolute atomic E-state index is 0.0274. The summed E-state index contributed by atoms with van der Waals surface area (Å²) in [6.45, 7) is 0. The van der Waals surface area contributed by atoms with Gasteiger partial charge in [0.15, 0.2) is 5.78 Å². The van der Waals surface area contributed by atoms with Crippen LogP contribution in [0, 0.1) is 0 Å². The quantitative estimate of drug-likeness (QED) is 0.806. The first kappa shape index (κ1) is 13.7. The highest BCUT2D eigenvalue weighted by molar-refractivity contribution is 6.11. The van der Waals surface area contributed by atoms with Gasteiger partial charge in [-0.3, -0.25) is 4.79 Å². The van der Waals surface area contributed by atoms with Crippen molar-refractivity contribution in [3.05, 3.63) is 58.7 Å². The maximum Gasteiger partial charge on any atom is 0.196 e. The summed E-state index contributed by atoms with van der Waals surface area (Å²) in [7, 11) is 3.16. The van der Waals surface area contributed by atoms with E-state index >= 15 is 0 Å². The zero-order chi connectivity index (χ0) is 14.8. The van der Waals surface area contributed by atoms with E-state index in [1.54, 1.807) is 32.4 Å². The molecule has 0 heterocycles. The van der Waals surface area contributed by atoms with E-state index in [4.69, 9.17) is 9.47 Å². The van der Waals surface area contributed by atoms with Crippen molar-refractivity contribution in [3.8, 4) is 11.5 Å². The number of ketones is 1. The SMILES string of the molecule is COc1ccc(OC)c(C(=O)c2ccc3c(c2)CCC3)c1. The number of rotatable bonds is 4. The van der Waals surface area contributed by atoms with Crippen LogP contribution in [0.5, 0.6) is 11.5 Å². The van der Waals surface area contributed by atoms with Crippen molar-refractivity contribution in [2.24, 2.45) is 0 Å². The Labute approximate surface area is 124 Å². The minimum atomic E-state index is -0.0274. The third-order valence-corrected chi connectivity index (χ3v) is 4.01. The molecule has 0 N–H and O–H groups in total. The summed E-state index contributed by atoms with van der Waals surface area (Å²) in [6, 6.07) is 11.3. The highest BCUT2D eigenvalue weighted by atomic mass is 16.5. The molecule has 0 atom stereocenters. The van der Waals surface area contributed by atoms with Crippen LogP contribution in [-0.2, 0) is 12.8 Å². The van der Waals surface area contributed by atoms with Gasteiger partial charge in [-0.05, 0) is 54.7 Å². The average molecular weight is 282 g/mol. The smallest absolute Gasteiger partial charge is 0.196 e. The number of carbonyl (C=O) groups excluding carboxylic acids is 1. The van der Waals surface area contributed by atoms with Crippen molar-refractivity contribution in [1.82, 2.24) is 0 Å². The predicted octanol–water partition coefficient (Wildman–Crippen LogP) is 3.42. The number of hydrogen-bond acceptors (Lipinski definition) is 3. The van der Waals surface area contributed by atoms with Crippen LogP contribution in [0.2, 0.25) is 0 Å². The molecule has 0 bridgehead atoms. The van der Waals surface area contributed by atoms with Gasteiger partial charge in [0, 0.05) is 5.56 Å². The van der Waals surface area contributed by atoms with Gasteiger partial charge in [-0.2, -0.15) is 0 Å². The van der Waals surface area contributed by atoms with Gasteiger partial charge in [-0.25, -0.2) is 0 Å². The second kappa shape index (κ2) is 5.60. The average Bonchev–Trinajstić information content (AvgIpc) is 3.01. The van der Waals surface area contributed by atoms with Crippen LogP contribution in [0.1, 0.15) is 33.5 Å². The first-order valence-electron chi connectivity index (χ1n) is 7.11. The summed E-state index contributed by atoms with van der Waals surface area (Å²) >= 11 is 0. The first-order valence-corrected chi connectivity index (χ1v) is 7.11. The van der Waals surface area contributed by atoms with Crippen molar-refractivity contribution in [2.45, 2.75) is 19.3 Å². The molecule has 0 fully saturated rings. The predicted molar refractivity (Wildman–Crippen MR) is 81.4 cm³/mol. The normalized spacial score (nSPS) is 12.9. The fraction of sp³-hybridized carbons (Fsp3) is 0.278. The van der Waals surface area contributed by atoms with Crippen LogP contribution in [0.4, 0.5) is 0 Å². The van der Waals surface area contributed by atoms with Gasteiger partial charge in [-0.1, -0.05) is 12.1 Å². The van der Waals surface area contributed by atoms with Gasteiger partial charge in [0.25, 0.3) is 0 Å². The summed E-state index contributed by atoms with van der Waals surface area (Å²) in [5, 5.41) is 0. The van der Waals surface area contributed by atoms with E-state index in [0.29, 0.717) is 22.6 Å². The van der Waals surface area contributed by atoms with E-state index in [-0.39, 0.29) is 5.78 Å². The zero-order valence-electron chi connectivity index (χ0n) is 12.3. The number of hydrogen-bond donors (Lipinski definition) is 0. The van der Waals surface area contributed by atoms with Crippen molar-refractivity contribution >= 4 is 5.78 Å². The molecular weight excluding hydrogens is 264 g/mol. The standard InChI is InChI=1S/C18H18O3/c1-20-15-8-9-17(21-2)16(11-15)18(19)14-7-6-12-4-3-5-13(12)10-14/h6-11H,3-5H2,1-2H3. The van der Waals surface area contributed by atoms with Crippen LogP contribution in [0.15, 0.2) is 36.4 Å². The molecule has 2 aromatic rings. The lowest BCUT2D eigenvalue weighted by Crippen LogP contribution is -2.05. The monoisotopic (exact) mass is 282 g/mol. The fourth-order valence-electron chi connectivity index (χ4n) is 2.86. The Balaban J connectivity index is 2.01. The van der Waals surface area contributed by atoms with Crippen LogP contribution >= 0.6 is 0 Å². The molecule has 1 aliphatic rings. The van der Waals surface area contributed by atoms with Gasteiger partial charge in [0.1, 0.15) is 11.5 Å². The number of ether oxygens (including phenoxy) is 2. The molecule has 3 nitrogen and oxygen atoms in total. The van der Waals surface area contributed by atoms with Crippen molar-refractivity contribution < 1.29 is 14.3 Å². The van der Waals surface area contributed by atoms with E-state index in [1.807, 2.05) is 12.1 Å². The molecule has 3 heteroatoms. The Hall–Kier alpha value is -2.29. The Morgan fingerprint density at radius 3 is 2.52 bits per heavy atom. The molecule has 3 rings (SSSR count). The Morgan fingerprint density at radius 1 is 0.952 bits per heavy atom. The molecule has 0 radical (unpaired) electrons. The highest BCUT2D eigenvalue weighted by Gasteiger charge is 2.18. The number of carbonyl (C=O) groups is 1. The third kappa shape index (κ3) is 2.51.